The predicted octanol–water partition coefficient (Wildman–Crippen LogP) is 3.69. The van der Waals surface area contributed by atoms with Crippen LogP contribution in [0.5, 0.6) is 0 Å². The molecule has 0 aliphatic carbocycles. The molecule has 1 aliphatic heterocycles. The number of hydrogen-bond acceptors (Lipinski definition) is 3. The van der Waals surface area contributed by atoms with Crippen molar-refractivity contribution in [3.8, 4) is 12.3 Å². The summed E-state index contributed by atoms with van der Waals surface area (Å²) in [5, 5.41) is 0. The van der Waals surface area contributed by atoms with Crippen molar-refractivity contribution < 1.29 is 9.47 Å². The Kier molecular flexibility index (Phi) is 7.30. The minimum absolute atomic E-state index is 0.266. The Balaban J connectivity index is 1.98. The third-order valence-corrected chi connectivity index (χ3v) is 4.58. The molecule has 24 heavy (non-hydrogen) atoms. The van der Waals surface area contributed by atoms with Gasteiger partial charge in [0.05, 0.1) is 19.3 Å². The lowest BCUT2D eigenvalue weighted by Gasteiger charge is -2.32. The molecular formula is C21H31NO2. The summed E-state index contributed by atoms with van der Waals surface area (Å²) < 4.78 is 12.1. The highest BCUT2D eigenvalue weighted by molar-refractivity contribution is 5.29. The second-order valence-electron chi connectivity index (χ2n) is 7.18. The van der Waals surface area contributed by atoms with Gasteiger partial charge in [-0.3, -0.25) is 4.90 Å². The fourth-order valence-corrected chi connectivity index (χ4v) is 3.03. The van der Waals surface area contributed by atoms with E-state index in [2.05, 4.69) is 24.7 Å². The molecule has 3 nitrogen and oxygen atoms in total. The van der Waals surface area contributed by atoms with E-state index in [1.54, 1.807) is 0 Å². The zero-order chi connectivity index (χ0) is 17.4. The monoisotopic (exact) mass is 329 g/mol. The van der Waals surface area contributed by atoms with Crippen LogP contribution in [0.15, 0.2) is 30.3 Å². The van der Waals surface area contributed by atoms with Crippen LogP contribution in [0.3, 0.4) is 0 Å². The molecule has 1 fully saturated rings. The first-order valence-electron chi connectivity index (χ1n) is 9.04. The van der Waals surface area contributed by atoms with Crippen LogP contribution in [0, 0.1) is 18.3 Å². The molecule has 1 heterocycles. The van der Waals surface area contributed by atoms with Gasteiger partial charge in [0.2, 0.25) is 0 Å². The SMILES string of the molecule is C#C[C@](C)(OC[C@H](COCC(C)C)N1CCCC1)c1ccccc1. The Morgan fingerprint density at radius 3 is 2.38 bits per heavy atom. The van der Waals surface area contributed by atoms with Crippen molar-refractivity contribution in [3.63, 3.8) is 0 Å². The van der Waals surface area contributed by atoms with Gasteiger partial charge in [0.15, 0.2) is 5.60 Å². The summed E-state index contributed by atoms with van der Waals surface area (Å²) in [6.45, 7) is 10.6. The van der Waals surface area contributed by atoms with Gasteiger partial charge in [-0.2, -0.15) is 0 Å². The van der Waals surface area contributed by atoms with E-state index < -0.39 is 5.60 Å². The summed E-state index contributed by atoms with van der Waals surface area (Å²) in [4.78, 5) is 2.47. The van der Waals surface area contributed by atoms with E-state index in [9.17, 15) is 0 Å². The molecule has 0 amide bonds. The van der Waals surface area contributed by atoms with Crippen LogP contribution in [-0.4, -0.2) is 43.9 Å². The van der Waals surface area contributed by atoms with Gasteiger partial charge in [0.25, 0.3) is 0 Å². The van der Waals surface area contributed by atoms with Crippen molar-refractivity contribution in [2.45, 2.75) is 45.3 Å². The average Bonchev–Trinajstić information content (AvgIpc) is 3.12. The molecule has 1 aliphatic rings. The molecule has 1 aromatic rings. The van der Waals surface area contributed by atoms with E-state index >= 15 is 0 Å². The smallest absolute Gasteiger partial charge is 0.151 e. The number of benzene rings is 1. The maximum absolute atomic E-state index is 6.24. The van der Waals surface area contributed by atoms with Crippen LogP contribution >= 0.6 is 0 Å². The van der Waals surface area contributed by atoms with E-state index in [0.717, 1.165) is 25.3 Å². The molecule has 0 unspecified atom stereocenters. The molecule has 0 saturated carbocycles. The summed E-state index contributed by atoms with van der Waals surface area (Å²) in [7, 11) is 0. The second kappa shape index (κ2) is 9.22. The van der Waals surface area contributed by atoms with E-state index in [1.807, 2.05) is 37.3 Å². The molecule has 132 valence electrons. The van der Waals surface area contributed by atoms with Gasteiger partial charge >= 0.3 is 0 Å². The standard InChI is InChI=1S/C21H31NO2/c1-5-21(4,19-11-7-6-8-12-19)24-17-20(16-23-15-18(2)3)22-13-9-10-14-22/h1,6-8,11-12,18,20H,9-10,13-17H2,2-4H3/t20-,21-/m0/s1. The zero-order valence-corrected chi connectivity index (χ0v) is 15.3. The lowest BCUT2D eigenvalue weighted by atomic mass is 9.97. The summed E-state index contributed by atoms with van der Waals surface area (Å²) in [6.07, 6.45) is 8.31. The number of ether oxygens (including phenoxy) is 2. The average molecular weight is 329 g/mol. The topological polar surface area (TPSA) is 21.7 Å². The minimum atomic E-state index is -0.697. The van der Waals surface area contributed by atoms with Crippen LogP contribution < -0.4 is 0 Å². The first kappa shape index (κ1) is 19.0. The van der Waals surface area contributed by atoms with E-state index in [-0.39, 0.29) is 6.04 Å². The predicted molar refractivity (Wildman–Crippen MR) is 98.8 cm³/mol. The first-order valence-corrected chi connectivity index (χ1v) is 9.04. The molecule has 0 aromatic heterocycles. The number of rotatable bonds is 9. The van der Waals surface area contributed by atoms with E-state index in [1.165, 1.54) is 12.8 Å². The summed E-state index contributed by atoms with van der Waals surface area (Å²) >= 11 is 0. The Morgan fingerprint density at radius 2 is 1.79 bits per heavy atom. The Bertz CT molecular complexity index is 516. The van der Waals surface area contributed by atoms with Gasteiger partial charge in [-0.1, -0.05) is 50.1 Å². The lowest BCUT2D eigenvalue weighted by Crippen LogP contribution is -2.42. The third-order valence-electron chi connectivity index (χ3n) is 4.58. The quantitative estimate of drug-likeness (QED) is 0.645. The maximum Gasteiger partial charge on any atom is 0.151 e. The lowest BCUT2D eigenvalue weighted by molar-refractivity contribution is -0.0459. The van der Waals surface area contributed by atoms with Crippen LogP contribution in [-0.2, 0) is 15.1 Å². The van der Waals surface area contributed by atoms with Crippen molar-refractivity contribution in [1.29, 1.82) is 0 Å². The fourth-order valence-electron chi connectivity index (χ4n) is 3.03. The molecule has 0 radical (unpaired) electrons. The van der Waals surface area contributed by atoms with Crippen molar-refractivity contribution in [3.05, 3.63) is 35.9 Å². The molecule has 0 bridgehead atoms. The van der Waals surface area contributed by atoms with Crippen LogP contribution in [0.1, 0.15) is 39.2 Å². The van der Waals surface area contributed by atoms with E-state index in [0.29, 0.717) is 19.1 Å². The zero-order valence-electron chi connectivity index (χ0n) is 15.3. The van der Waals surface area contributed by atoms with Gasteiger partial charge in [0, 0.05) is 6.61 Å². The highest BCUT2D eigenvalue weighted by Crippen LogP contribution is 2.25. The molecule has 3 heteroatoms. The van der Waals surface area contributed by atoms with Crippen molar-refractivity contribution in [1.82, 2.24) is 4.90 Å². The van der Waals surface area contributed by atoms with Crippen LogP contribution in [0.2, 0.25) is 0 Å². The minimum Gasteiger partial charge on any atom is -0.379 e. The van der Waals surface area contributed by atoms with Crippen LogP contribution in [0.4, 0.5) is 0 Å². The molecule has 1 saturated heterocycles. The summed E-state index contributed by atoms with van der Waals surface area (Å²) in [5.41, 5.74) is 0.327. The fraction of sp³-hybridized carbons (Fsp3) is 0.619. The van der Waals surface area contributed by atoms with Crippen molar-refractivity contribution in [2.75, 3.05) is 32.9 Å². The second-order valence-corrected chi connectivity index (χ2v) is 7.18. The molecule has 2 rings (SSSR count). The Morgan fingerprint density at radius 1 is 1.12 bits per heavy atom. The molecule has 2 atom stereocenters. The number of likely N-dealkylation sites (tertiary alicyclic amines) is 1. The molecule has 0 N–H and O–H groups in total. The van der Waals surface area contributed by atoms with Crippen LogP contribution in [0.25, 0.3) is 0 Å². The number of terminal acetylenes is 1. The van der Waals surface area contributed by atoms with Crippen molar-refractivity contribution >= 4 is 0 Å². The third kappa shape index (κ3) is 5.34. The highest BCUT2D eigenvalue weighted by atomic mass is 16.5. The number of nitrogens with zero attached hydrogens (tertiary/aromatic N) is 1. The molecule has 1 aromatic carbocycles. The van der Waals surface area contributed by atoms with Gasteiger partial charge in [0.1, 0.15) is 0 Å². The van der Waals surface area contributed by atoms with Crippen molar-refractivity contribution in [2.24, 2.45) is 5.92 Å². The molecule has 0 spiro atoms. The summed E-state index contributed by atoms with van der Waals surface area (Å²) in [6, 6.07) is 10.3. The summed E-state index contributed by atoms with van der Waals surface area (Å²) in [5.74, 6) is 3.38. The number of hydrogen-bond donors (Lipinski definition) is 0. The normalized spacial score (nSPS) is 19.1. The highest BCUT2D eigenvalue weighted by Gasteiger charge is 2.29. The Hall–Kier alpha value is -1.34. The Labute approximate surface area is 147 Å². The maximum atomic E-state index is 6.24. The van der Waals surface area contributed by atoms with Gasteiger partial charge in [-0.05, 0) is 44.3 Å². The largest absolute Gasteiger partial charge is 0.379 e. The van der Waals surface area contributed by atoms with Gasteiger partial charge in [-0.25, -0.2) is 0 Å². The van der Waals surface area contributed by atoms with Gasteiger partial charge < -0.3 is 9.47 Å². The first-order chi connectivity index (χ1) is 11.5. The molecular weight excluding hydrogens is 298 g/mol. The van der Waals surface area contributed by atoms with E-state index in [4.69, 9.17) is 15.9 Å². The van der Waals surface area contributed by atoms with Gasteiger partial charge in [-0.15, -0.1) is 6.42 Å².